The third-order valence-corrected chi connectivity index (χ3v) is 5.93. The lowest BCUT2D eigenvalue weighted by atomic mass is 10.1. The molecule has 0 N–H and O–H groups in total. The van der Waals surface area contributed by atoms with Crippen LogP contribution in [0.1, 0.15) is 29.8 Å². The van der Waals surface area contributed by atoms with E-state index < -0.39 is 12.1 Å². The van der Waals surface area contributed by atoms with Crippen LogP contribution in [0.5, 0.6) is 0 Å². The molecule has 3 rings (SSSR count). The molecule has 0 aliphatic heterocycles. The first kappa shape index (κ1) is 17.6. The number of aromatic nitrogens is 1. The Hall–Kier alpha value is -2.18. The van der Waals surface area contributed by atoms with Crippen LogP contribution in [-0.2, 0) is 15.3 Å². The van der Waals surface area contributed by atoms with Crippen molar-refractivity contribution < 1.29 is 14.3 Å². The van der Waals surface area contributed by atoms with E-state index in [1.165, 1.54) is 11.6 Å². The number of hydrogen-bond acceptors (Lipinski definition) is 6. The Morgan fingerprint density at radius 3 is 2.56 bits per heavy atom. The van der Waals surface area contributed by atoms with Gasteiger partial charge in [0, 0.05) is 5.75 Å². The van der Waals surface area contributed by atoms with Crippen molar-refractivity contribution in [3.8, 4) is 0 Å². The summed E-state index contributed by atoms with van der Waals surface area (Å²) >= 11 is 3.35. The van der Waals surface area contributed by atoms with Crippen molar-refractivity contribution >= 4 is 45.1 Å². The Morgan fingerprint density at radius 2 is 1.88 bits per heavy atom. The molecular formula is C19H17NO3S2. The minimum absolute atomic E-state index is 0.169. The van der Waals surface area contributed by atoms with Crippen molar-refractivity contribution in [3.63, 3.8) is 0 Å². The summed E-state index contributed by atoms with van der Waals surface area (Å²) in [5.41, 5.74) is 2.56. The number of carbonyl (C=O) groups is 2. The number of benzene rings is 2. The highest BCUT2D eigenvalue weighted by molar-refractivity contribution is 8.00. The molecule has 0 amide bonds. The molecule has 1 heterocycles. The predicted octanol–water partition coefficient (Wildman–Crippen LogP) is 4.72. The number of fused-ring (bicyclic) bond motifs is 1. The maximum Gasteiger partial charge on any atom is 0.338 e. The molecule has 0 aliphatic carbocycles. The van der Waals surface area contributed by atoms with Crippen molar-refractivity contribution in [2.45, 2.75) is 30.0 Å². The summed E-state index contributed by atoms with van der Waals surface area (Å²) in [4.78, 5) is 27.7. The maximum atomic E-state index is 12.0. The average molecular weight is 371 g/mol. The lowest BCUT2D eigenvalue weighted by molar-refractivity contribution is -0.124. The number of rotatable bonds is 6. The van der Waals surface area contributed by atoms with Crippen LogP contribution < -0.4 is 0 Å². The molecule has 2 aromatic carbocycles. The van der Waals surface area contributed by atoms with Gasteiger partial charge in [-0.05, 0) is 43.7 Å². The lowest BCUT2D eigenvalue weighted by Gasteiger charge is -2.10. The van der Waals surface area contributed by atoms with Crippen molar-refractivity contribution in [2.24, 2.45) is 0 Å². The molecule has 25 heavy (non-hydrogen) atoms. The standard InChI is InChI=1S/C19H17NO3S2/c1-12(21)13(2)23-18(22)15-9-7-14(8-10-15)11-24-19-20-16-5-3-4-6-17(16)25-19/h3-10,13H,11H2,1-2H3. The topological polar surface area (TPSA) is 56.3 Å². The quantitative estimate of drug-likeness (QED) is 0.463. The largest absolute Gasteiger partial charge is 0.451 e. The van der Waals surface area contributed by atoms with E-state index in [1.807, 2.05) is 30.3 Å². The van der Waals surface area contributed by atoms with Gasteiger partial charge in [-0.2, -0.15) is 0 Å². The summed E-state index contributed by atoms with van der Waals surface area (Å²) in [6.07, 6.45) is -0.721. The molecule has 0 radical (unpaired) electrons. The van der Waals surface area contributed by atoms with Gasteiger partial charge in [-0.25, -0.2) is 9.78 Å². The van der Waals surface area contributed by atoms with Gasteiger partial charge in [-0.1, -0.05) is 36.0 Å². The molecule has 128 valence electrons. The second-order valence-electron chi connectivity index (χ2n) is 5.59. The predicted molar refractivity (Wildman–Crippen MR) is 101 cm³/mol. The smallest absolute Gasteiger partial charge is 0.338 e. The van der Waals surface area contributed by atoms with E-state index in [9.17, 15) is 9.59 Å². The van der Waals surface area contributed by atoms with Crippen LogP contribution in [0.3, 0.4) is 0 Å². The Balaban J connectivity index is 1.60. The average Bonchev–Trinajstić information content (AvgIpc) is 3.03. The van der Waals surface area contributed by atoms with E-state index in [1.54, 1.807) is 42.2 Å². The van der Waals surface area contributed by atoms with Gasteiger partial charge in [0.2, 0.25) is 0 Å². The van der Waals surface area contributed by atoms with Crippen LogP contribution in [0, 0.1) is 0 Å². The van der Waals surface area contributed by atoms with E-state index in [0.717, 1.165) is 21.2 Å². The molecule has 0 saturated carbocycles. The van der Waals surface area contributed by atoms with Gasteiger partial charge in [0.25, 0.3) is 0 Å². The molecule has 1 aromatic heterocycles. The van der Waals surface area contributed by atoms with Crippen LogP contribution in [0.2, 0.25) is 0 Å². The van der Waals surface area contributed by atoms with E-state index >= 15 is 0 Å². The Kier molecular flexibility index (Phi) is 5.50. The second kappa shape index (κ2) is 7.80. The second-order valence-corrected chi connectivity index (χ2v) is 7.84. The third kappa shape index (κ3) is 4.46. The van der Waals surface area contributed by atoms with E-state index in [0.29, 0.717) is 5.56 Å². The van der Waals surface area contributed by atoms with Crippen molar-refractivity contribution in [1.29, 1.82) is 0 Å². The SMILES string of the molecule is CC(=O)C(C)OC(=O)c1ccc(CSc2nc3ccccc3s2)cc1. The molecule has 0 spiro atoms. The first-order valence-electron chi connectivity index (χ1n) is 7.81. The van der Waals surface area contributed by atoms with Crippen LogP contribution in [0.25, 0.3) is 10.2 Å². The van der Waals surface area contributed by atoms with Crippen molar-refractivity contribution in [2.75, 3.05) is 0 Å². The molecule has 3 aromatic rings. The summed E-state index contributed by atoms with van der Waals surface area (Å²) in [7, 11) is 0. The molecule has 4 nitrogen and oxygen atoms in total. The zero-order chi connectivity index (χ0) is 17.8. The summed E-state index contributed by atoms with van der Waals surface area (Å²) < 4.78 is 7.31. The van der Waals surface area contributed by atoms with Gasteiger partial charge in [0.15, 0.2) is 16.2 Å². The molecule has 1 atom stereocenters. The Bertz CT molecular complexity index is 869. The zero-order valence-corrected chi connectivity index (χ0v) is 15.5. The summed E-state index contributed by atoms with van der Waals surface area (Å²) in [5, 5.41) is 0. The van der Waals surface area contributed by atoms with Crippen LogP contribution in [0.15, 0.2) is 52.9 Å². The molecule has 0 fully saturated rings. The van der Waals surface area contributed by atoms with Gasteiger partial charge in [-0.3, -0.25) is 4.79 Å². The fourth-order valence-corrected chi connectivity index (χ4v) is 4.13. The van der Waals surface area contributed by atoms with E-state index in [-0.39, 0.29) is 5.78 Å². The van der Waals surface area contributed by atoms with Crippen LogP contribution >= 0.6 is 23.1 Å². The molecule has 0 saturated heterocycles. The molecule has 0 bridgehead atoms. The lowest BCUT2D eigenvalue weighted by Crippen LogP contribution is -2.21. The van der Waals surface area contributed by atoms with Gasteiger partial charge >= 0.3 is 5.97 Å². The zero-order valence-electron chi connectivity index (χ0n) is 13.9. The normalized spacial score (nSPS) is 12.1. The van der Waals surface area contributed by atoms with Gasteiger partial charge in [-0.15, -0.1) is 11.3 Å². The van der Waals surface area contributed by atoms with Crippen LogP contribution in [0.4, 0.5) is 0 Å². The highest BCUT2D eigenvalue weighted by atomic mass is 32.2. The Labute approximate surface area is 154 Å². The van der Waals surface area contributed by atoms with Crippen molar-refractivity contribution in [1.82, 2.24) is 4.98 Å². The number of ketones is 1. The number of thioether (sulfide) groups is 1. The number of hydrogen-bond donors (Lipinski definition) is 0. The number of Topliss-reactive ketones (excluding diaryl/α,β-unsaturated/α-hetero) is 1. The fourth-order valence-electron chi connectivity index (χ4n) is 2.11. The monoisotopic (exact) mass is 371 g/mol. The highest BCUT2D eigenvalue weighted by Crippen LogP contribution is 2.31. The summed E-state index contributed by atoms with van der Waals surface area (Å²) in [6, 6.07) is 15.3. The number of para-hydroxylation sites is 1. The molecule has 6 heteroatoms. The number of esters is 1. The molecule has 1 unspecified atom stereocenters. The highest BCUT2D eigenvalue weighted by Gasteiger charge is 2.15. The fraction of sp³-hybridized carbons (Fsp3) is 0.211. The third-order valence-electron chi connectivity index (χ3n) is 3.68. The summed E-state index contributed by atoms with van der Waals surface area (Å²) in [5.74, 6) is 0.129. The molecule has 0 aliphatic rings. The number of ether oxygens (including phenoxy) is 1. The Morgan fingerprint density at radius 1 is 1.16 bits per heavy atom. The van der Waals surface area contributed by atoms with Crippen molar-refractivity contribution in [3.05, 3.63) is 59.7 Å². The minimum Gasteiger partial charge on any atom is -0.451 e. The first-order valence-corrected chi connectivity index (χ1v) is 9.62. The van der Waals surface area contributed by atoms with Gasteiger partial charge in [0.05, 0.1) is 15.8 Å². The number of carbonyl (C=O) groups excluding carboxylic acids is 2. The van der Waals surface area contributed by atoms with Gasteiger partial charge < -0.3 is 4.74 Å². The van der Waals surface area contributed by atoms with Gasteiger partial charge in [0.1, 0.15) is 0 Å². The van der Waals surface area contributed by atoms with E-state index in [4.69, 9.17) is 4.74 Å². The van der Waals surface area contributed by atoms with E-state index in [2.05, 4.69) is 11.1 Å². The summed E-state index contributed by atoms with van der Waals surface area (Å²) in [6.45, 7) is 2.98. The minimum atomic E-state index is -0.721. The molecular weight excluding hydrogens is 354 g/mol. The maximum absolute atomic E-state index is 12.0. The first-order chi connectivity index (χ1) is 12.0. The number of nitrogens with zero attached hydrogens (tertiary/aromatic N) is 1. The number of thiazole rings is 1. The van der Waals surface area contributed by atoms with Crippen LogP contribution in [-0.4, -0.2) is 22.8 Å².